The van der Waals surface area contributed by atoms with Crippen molar-refractivity contribution in [3.05, 3.63) is 48.0 Å². The van der Waals surface area contributed by atoms with Gasteiger partial charge in [0.2, 0.25) is 0 Å². The number of imide groups is 1. The maximum Gasteiger partial charge on any atom is 0.417 e. The van der Waals surface area contributed by atoms with Crippen LogP contribution in [-0.4, -0.2) is 22.9 Å². The highest BCUT2D eigenvalue weighted by Crippen LogP contribution is 2.32. The van der Waals surface area contributed by atoms with Gasteiger partial charge >= 0.3 is 6.09 Å². The Hall–Kier alpha value is -2.10. The lowest BCUT2D eigenvalue weighted by atomic mass is 10.0. The summed E-state index contributed by atoms with van der Waals surface area (Å²) in [5.41, 5.74) is 0.897. The van der Waals surface area contributed by atoms with Gasteiger partial charge in [-0.15, -0.1) is 0 Å². The van der Waals surface area contributed by atoms with Crippen LogP contribution >= 0.6 is 0 Å². The molecule has 94 valence electrons. The molecule has 1 heterocycles. The molecular formula is C14H15NO3. The normalized spacial score (nSPS) is 23.4. The van der Waals surface area contributed by atoms with Crippen LogP contribution in [0.1, 0.15) is 25.5 Å². The third-order valence-electron chi connectivity index (χ3n) is 2.94. The molecule has 0 spiro atoms. The molecule has 0 radical (unpaired) electrons. The van der Waals surface area contributed by atoms with Crippen LogP contribution in [0.5, 0.6) is 0 Å². The second-order valence-electron chi connectivity index (χ2n) is 4.16. The van der Waals surface area contributed by atoms with E-state index in [2.05, 4.69) is 0 Å². The summed E-state index contributed by atoms with van der Waals surface area (Å²) in [5.74, 6) is -0.339. The van der Waals surface area contributed by atoms with E-state index in [1.54, 1.807) is 13.0 Å². The predicted molar refractivity (Wildman–Crippen MR) is 66.8 cm³/mol. The van der Waals surface area contributed by atoms with Gasteiger partial charge in [-0.3, -0.25) is 4.79 Å². The Bertz CT molecular complexity index is 481. The van der Waals surface area contributed by atoms with Crippen LogP contribution in [-0.2, 0) is 9.53 Å². The first-order valence-corrected chi connectivity index (χ1v) is 5.86. The van der Waals surface area contributed by atoms with E-state index >= 15 is 0 Å². The lowest BCUT2D eigenvalue weighted by molar-refractivity contribution is -0.124. The van der Waals surface area contributed by atoms with Crippen molar-refractivity contribution < 1.29 is 14.3 Å². The smallest absolute Gasteiger partial charge is 0.417 e. The number of benzene rings is 1. The molecule has 0 aliphatic carbocycles. The fourth-order valence-corrected chi connectivity index (χ4v) is 2.07. The highest BCUT2D eigenvalue weighted by molar-refractivity contribution is 5.99. The van der Waals surface area contributed by atoms with Gasteiger partial charge in [0.1, 0.15) is 6.10 Å². The Morgan fingerprint density at radius 2 is 2.00 bits per heavy atom. The van der Waals surface area contributed by atoms with Crippen LogP contribution in [0.3, 0.4) is 0 Å². The quantitative estimate of drug-likeness (QED) is 0.752. The zero-order chi connectivity index (χ0) is 13.1. The van der Waals surface area contributed by atoms with Crippen molar-refractivity contribution in [3.63, 3.8) is 0 Å². The summed E-state index contributed by atoms with van der Waals surface area (Å²) in [4.78, 5) is 24.7. The zero-order valence-corrected chi connectivity index (χ0v) is 10.4. The van der Waals surface area contributed by atoms with Crippen molar-refractivity contribution in [2.24, 2.45) is 0 Å². The summed E-state index contributed by atoms with van der Waals surface area (Å²) in [6.07, 6.45) is 2.00. The van der Waals surface area contributed by atoms with E-state index < -0.39 is 12.2 Å². The average molecular weight is 245 g/mol. The number of rotatable bonds is 2. The second kappa shape index (κ2) is 5.04. The number of cyclic esters (lactones) is 1. The van der Waals surface area contributed by atoms with Crippen LogP contribution in [0.2, 0.25) is 0 Å². The monoisotopic (exact) mass is 245 g/mol. The molecule has 2 unspecified atom stereocenters. The van der Waals surface area contributed by atoms with E-state index in [9.17, 15) is 9.59 Å². The Balaban J connectivity index is 2.24. The highest BCUT2D eigenvalue weighted by Gasteiger charge is 2.42. The SMILES string of the molecule is CC=CC(=O)N1C(=O)OC(c2ccccc2)C1C. The maximum atomic E-state index is 11.8. The fourth-order valence-electron chi connectivity index (χ4n) is 2.07. The molecule has 18 heavy (non-hydrogen) atoms. The number of carbonyl (C=O) groups is 2. The summed E-state index contributed by atoms with van der Waals surface area (Å²) in [6.45, 7) is 3.54. The zero-order valence-electron chi connectivity index (χ0n) is 10.4. The number of ether oxygens (including phenoxy) is 1. The molecule has 0 saturated carbocycles. The van der Waals surface area contributed by atoms with Crippen molar-refractivity contribution in [2.75, 3.05) is 0 Å². The molecule has 1 saturated heterocycles. The Morgan fingerprint density at radius 3 is 2.61 bits per heavy atom. The molecule has 4 nitrogen and oxygen atoms in total. The molecule has 2 rings (SSSR count). The molecule has 2 atom stereocenters. The predicted octanol–water partition coefficient (Wildman–Crippen LogP) is 2.67. The lowest BCUT2D eigenvalue weighted by Gasteiger charge is -2.17. The molecule has 0 bridgehead atoms. The third kappa shape index (κ3) is 2.14. The number of hydrogen-bond donors (Lipinski definition) is 0. The van der Waals surface area contributed by atoms with Crippen LogP contribution in [0, 0.1) is 0 Å². The van der Waals surface area contributed by atoms with Gasteiger partial charge in [0, 0.05) is 0 Å². The van der Waals surface area contributed by atoms with Crippen molar-refractivity contribution in [2.45, 2.75) is 26.0 Å². The average Bonchev–Trinajstić information content (AvgIpc) is 2.66. The number of hydrogen-bond acceptors (Lipinski definition) is 3. The van der Waals surface area contributed by atoms with Crippen molar-refractivity contribution >= 4 is 12.0 Å². The van der Waals surface area contributed by atoms with Crippen molar-refractivity contribution in [3.8, 4) is 0 Å². The molecule has 1 fully saturated rings. The van der Waals surface area contributed by atoms with Gasteiger partial charge in [-0.05, 0) is 25.5 Å². The minimum absolute atomic E-state index is 0.302. The Kier molecular flexibility index (Phi) is 3.46. The molecule has 1 aliphatic heterocycles. The molecule has 1 aromatic rings. The van der Waals surface area contributed by atoms with E-state index in [1.807, 2.05) is 37.3 Å². The first-order valence-electron chi connectivity index (χ1n) is 5.86. The van der Waals surface area contributed by atoms with Gasteiger partial charge in [-0.1, -0.05) is 36.4 Å². The highest BCUT2D eigenvalue weighted by atomic mass is 16.6. The summed E-state index contributed by atoms with van der Waals surface area (Å²) in [7, 11) is 0. The molecule has 0 N–H and O–H groups in total. The number of nitrogens with zero attached hydrogens (tertiary/aromatic N) is 1. The number of amides is 2. The van der Waals surface area contributed by atoms with E-state index in [0.29, 0.717) is 0 Å². The fraction of sp³-hybridized carbons (Fsp3) is 0.286. The summed E-state index contributed by atoms with van der Waals surface area (Å²) in [5, 5.41) is 0. The summed E-state index contributed by atoms with van der Waals surface area (Å²) in [6, 6.07) is 9.13. The van der Waals surface area contributed by atoms with Crippen LogP contribution in [0.4, 0.5) is 4.79 Å². The van der Waals surface area contributed by atoms with Crippen LogP contribution in [0.25, 0.3) is 0 Å². The largest absolute Gasteiger partial charge is 0.439 e. The van der Waals surface area contributed by atoms with Crippen LogP contribution in [0.15, 0.2) is 42.5 Å². The summed E-state index contributed by atoms with van der Waals surface area (Å²) >= 11 is 0. The molecule has 1 aliphatic rings. The van der Waals surface area contributed by atoms with E-state index in [-0.39, 0.29) is 11.9 Å². The van der Waals surface area contributed by atoms with Gasteiger partial charge in [0.05, 0.1) is 6.04 Å². The lowest BCUT2D eigenvalue weighted by Crippen LogP contribution is -2.36. The van der Waals surface area contributed by atoms with Gasteiger partial charge < -0.3 is 4.74 Å². The van der Waals surface area contributed by atoms with Gasteiger partial charge in [-0.25, -0.2) is 9.69 Å². The molecule has 0 aromatic heterocycles. The first-order chi connectivity index (χ1) is 8.65. The minimum Gasteiger partial charge on any atom is -0.439 e. The van der Waals surface area contributed by atoms with E-state index in [1.165, 1.54) is 6.08 Å². The minimum atomic E-state index is -0.584. The topological polar surface area (TPSA) is 46.6 Å². The molecule has 2 amide bonds. The van der Waals surface area contributed by atoms with E-state index in [4.69, 9.17) is 4.74 Å². The number of carbonyl (C=O) groups excluding carboxylic acids is 2. The van der Waals surface area contributed by atoms with Crippen molar-refractivity contribution in [1.29, 1.82) is 0 Å². The first kappa shape index (κ1) is 12.4. The third-order valence-corrected chi connectivity index (χ3v) is 2.94. The maximum absolute atomic E-state index is 11.8. The van der Waals surface area contributed by atoms with Gasteiger partial charge in [-0.2, -0.15) is 0 Å². The second-order valence-corrected chi connectivity index (χ2v) is 4.16. The molecular weight excluding hydrogens is 230 g/mol. The molecule has 4 heteroatoms. The standard InChI is InChI=1S/C14H15NO3/c1-3-7-12(16)15-10(2)13(18-14(15)17)11-8-5-4-6-9-11/h3-10,13H,1-2H3. The van der Waals surface area contributed by atoms with E-state index in [0.717, 1.165) is 10.5 Å². The Labute approximate surface area is 106 Å². The number of allylic oxidation sites excluding steroid dienone is 1. The summed E-state index contributed by atoms with van der Waals surface area (Å²) < 4.78 is 5.27. The molecule has 1 aromatic carbocycles. The van der Waals surface area contributed by atoms with Crippen molar-refractivity contribution in [1.82, 2.24) is 4.90 Å². The Morgan fingerprint density at radius 1 is 1.33 bits per heavy atom. The van der Waals surface area contributed by atoms with Gasteiger partial charge in [0.15, 0.2) is 0 Å². The van der Waals surface area contributed by atoms with Gasteiger partial charge in [0.25, 0.3) is 5.91 Å². The van der Waals surface area contributed by atoms with Crippen LogP contribution < -0.4 is 0 Å².